The fourth-order valence-electron chi connectivity index (χ4n) is 2.68. The number of halogens is 2. The lowest BCUT2D eigenvalue weighted by Gasteiger charge is -2.09. The monoisotopic (exact) mass is 476 g/mol. The van der Waals surface area contributed by atoms with Gasteiger partial charge in [0, 0.05) is 38.8 Å². The number of hydrogen-bond acceptors (Lipinski definition) is 5. The van der Waals surface area contributed by atoms with Crippen LogP contribution in [0.15, 0.2) is 59.5 Å². The van der Waals surface area contributed by atoms with Gasteiger partial charge >= 0.3 is 0 Å². The molecule has 0 bridgehead atoms. The molecule has 3 rings (SSSR count). The number of nitrogens with zero attached hydrogens (tertiary/aromatic N) is 2. The number of anilines is 2. The summed E-state index contributed by atoms with van der Waals surface area (Å²) in [7, 11) is -3.88. The van der Waals surface area contributed by atoms with Gasteiger partial charge in [0.25, 0.3) is 10.0 Å². The Morgan fingerprint density at radius 1 is 0.968 bits per heavy atom. The van der Waals surface area contributed by atoms with Gasteiger partial charge in [-0.15, -0.1) is 0 Å². The molecule has 0 saturated heterocycles. The number of hydrogen-bond donors (Lipinski definition) is 2. The molecule has 3 aromatic rings. The molecule has 0 aliphatic heterocycles. The number of sulfonamides is 1. The molecule has 0 aliphatic carbocycles. The first-order chi connectivity index (χ1) is 14.6. The van der Waals surface area contributed by atoms with Crippen LogP contribution in [0.2, 0.25) is 10.0 Å². The summed E-state index contributed by atoms with van der Waals surface area (Å²) in [6.45, 7) is 3.50. The van der Waals surface area contributed by atoms with Crippen LogP contribution in [0.25, 0.3) is 6.08 Å². The molecule has 0 fully saturated rings. The van der Waals surface area contributed by atoms with Crippen molar-refractivity contribution < 1.29 is 13.2 Å². The van der Waals surface area contributed by atoms with Crippen molar-refractivity contribution in [3.05, 3.63) is 81.6 Å². The number of nitrogens with one attached hydrogen (secondary N) is 2. The summed E-state index contributed by atoms with van der Waals surface area (Å²) in [5.41, 5.74) is 2.24. The van der Waals surface area contributed by atoms with E-state index in [-0.39, 0.29) is 10.8 Å². The highest BCUT2D eigenvalue weighted by atomic mass is 35.5. The molecule has 0 radical (unpaired) electrons. The van der Waals surface area contributed by atoms with Crippen LogP contribution >= 0.6 is 23.2 Å². The first kappa shape index (κ1) is 22.7. The van der Waals surface area contributed by atoms with Gasteiger partial charge in [-0.1, -0.05) is 29.3 Å². The molecular formula is C21H18Cl2N4O3S. The summed E-state index contributed by atoms with van der Waals surface area (Å²) in [5, 5.41) is 3.49. The van der Waals surface area contributed by atoms with Crippen LogP contribution in [0.1, 0.15) is 17.0 Å². The average molecular weight is 477 g/mol. The third kappa shape index (κ3) is 6.04. The summed E-state index contributed by atoms with van der Waals surface area (Å²) in [6.07, 6.45) is 2.79. The number of aromatic nitrogens is 2. The van der Waals surface area contributed by atoms with E-state index in [1.807, 2.05) is 0 Å². The largest absolute Gasteiger partial charge is 0.323 e. The van der Waals surface area contributed by atoms with Crippen molar-refractivity contribution in [3.8, 4) is 0 Å². The van der Waals surface area contributed by atoms with Crippen molar-refractivity contribution >= 4 is 56.8 Å². The van der Waals surface area contributed by atoms with Gasteiger partial charge in [-0.25, -0.2) is 23.1 Å². The molecule has 0 atom stereocenters. The van der Waals surface area contributed by atoms with Crippen molar-refractivity contribution in [2.45, 2.75) is 18.7 Å². The van der Waals surface area contributed by atoms with Crippen LogP contribution in [0.3, 0.4) is 0 Å². The molecule has 160 valence electrons. The van der Waals surface area contributed by atoms with Crippen LogP contribution in [0.5, 0.6) is 0 Å². The Hall–Kier alpha value is -2.94. The second-order valence-electron chi connectivity index (χ2n) is 6.56. The van der Waals surface area contributed by atoms with Gasteiger partial charge in [0.1, 0.15) is 0 Å². The molecule has 1 heterocycles. The molecule has 2 aromatic carbocycles. The Kier molecular flexibility index (Phi) is 6.94. The molecule has 7 nitrogen and oxygen atoms in total. The van der Waals surface area contributed by atoms with Gasteiger partial charge in [-0.3, -0.25) is 4.79 Å². The topological polar surface area (TPSA) is 101 Å². The Labute approximate surface area is 190 Å². The lowest BCUT2D eigenvalue weighted by Crippen LogP contribution is -2.16. The summed E-state index contributed by atoms with van der Waals surface area (Å²) in [6, 6.07) is 12.5. The Morgan fingerprint density at radius 2 is 1.55 bits per heavy atom. The molecule has 10 heteroatoms. The van der Waals surface area contributed by atoms with Gasteiger partial charge in [0.15, 0.2) is 0 Å². The molecule has 1 amide bonds. The van der Waals surface area contributed by atoms with Gasteiger partial charge in [-0.2, -0.15) is 0 Å². The Balaban J connectivity index is 1.69. The first-order valence-electron chi connectivity index (χ1n) is 9.02. The van der Waals surface area contributed by atoms with Crippen molar-refractivity contribution in [1.29, 1.82) is 0 Å². The average Bonchev–Trinajstić information content (AvgIpc) is 2.67. The van der Waals surface area contributed by atoms with Crippen LogP contribution in [0, 0.1) is 13.8 Å². The predicted octanol–water partition coefficient (Wildman–Crippen LogP) is 4.85. The minimum Gasteiger partial charge on any atom is -0.323 e. The fraction of sp³-hybridized carbons (Fsp3) is 0.0952. The van der Waals surface area contributed by atoms with Crippen molar-refractivity contribution in [3.63, 3.8) is 0 Å². The highest BCUT2D eigenvalue weighted by Crippen LogP contribution is 2.25. The summed E-state index contributed by atoms with van der Waals surface area (Å²) in [5.74, 6) is -0.424. The van der Waals surface area contributed by atoms with E-state index in [0.717, 1.165) is 0 Å². The summed E-state index contributed by atoms with van der Waals surface area (Å²) < 4.78 is 27.5. The third-order valence-corrected chi connectivity index (χ3v) is 6.04. The van der Waals surface area contributed by atoms with Crippen molar-refractivity contribution in [2.24, 2.45) is 0 Å². The second-order valence-corrected chi connectivity index (χ2v) is 9.06. The predicted molar refractivity (Wildman–Crippen MR) is 123 cm³/mol. The number of carbonyl (C=O) groups excluding carboxylic acids is 1. The van der Waals surface area contributed by atoms with E-state index in [9.17, 15) is 13.2 Å². The molecule has 2 N–H and O–H groups in total. The fourth-order valence-corrected chi connectivity index (χ4v) is 4.15. The van der Waals surface area contributed by atoms with Gasteiger partial charge in [0.05, 0.1) is 4.90 Å². The smallest absolute Gasteiger partial charge is 0.264 e. The Bertz CT molecular complexity index is 1220. The van der Waals surface area contributed by atoms with Gasteiger partial charge in [-0.05, 0) is 62.4 Å². The second kappa shape index (κ2) is 9.47. The SMILES string of the molecule is Cc1cc(C)nc(NS(=O)(=O)c2ccc(NC(=O)C=Cc3c(Cl)cccc3Cl)cc2)n1. The number of amides is 1. The Morgan fingerprint density at radius 3 is 2.13 bits per heavy atom. The van der Waals surface area contributed by atoms with Crippen LogP contribution < -0.4 is 10.0 Å². The maximum atomic E-state index is 12.6. The maximum absolute atomic E-state index is 12.6. The third-order valence-electron chi connectivity index (χ3n) is 4.04. The van der Waals surface area contributed by atoms with Crippen LogP contribution in [0.4, 0.5) is 11.6 Å². The zero-order chi connectivity index (χ0) is 22.6. The van der Waals surface area contributed by atoms with Crippen molar-refractivity contribution in [1.82, 2.24) is 9.97 Å². The highest BCUT2D eigenvalue weighted by molar-refractivity contribution is 7.92. The van der Waals surface area contributed by atoms with Gasteiger partial charge in [0.2, 0.25) is 11.9 Å². The van der Waals surface area contributed by atoms with Crippen LogP contribution in [-0.2, 0) is 14.8 Å². The molecule has 1 aromatic heterocycles. The first-order valence-corrected chi connectivity index (χ1v) is 11.3. The number of carbonyl (C=O) groups is 1. The van der Waals surface area contributed by atoms with E-state index in [1.54, 1.807) is 38.1 Å². The number of aryl methyl sites for hydroxylation is 2. The molecule has 31 heavy (non-hydrogen) atoms. The lowest BCUT2D eigenvalue weighted by atomic mass is 10.2. The van der Waals surface area contributed by atoms with Gasteiger partial charge < -0.3 is 5.32 Å². The molecule has 0 spiro atoms. The zero-order valence-electron chi connectivity index (χ0n) is 16.6. The van der Waals surface area contributed by atoms with E-state index >= 15 is 0 Å². The maximum Gasteiger partial charge on any atom is 0.264 e. The van der Waals surface area contributed by atoms with Crippen LogP contribution in [-0.4, -0.2) is 24.3 Å². The minimum absolute atomic E-state index is 0.00162. The van der Waals surface area contributed by atoms with E-state index in [4.69, 9.17) is 23.2 Å². The van der Waals surface area contributed by atoms with E-state index in [2.05, 4.69) is 20.0 Å². The van der Waals surface area contributed by atoms with Crippen molar-refractivity contribution in [2.75, 3.05) is 10.0 Å². The molecule has 0 saturated carbocycles. The molecule has 0 aliphatic rings. The standard InChI is InChI=1S/C21H18Cl2N4O3S/c1-13-12-14(2)25-21(24-13)27-31(29,30)16-8-6-15(7-9-16)26-20(28)11-10-17-18(22)4-3-5-19(17)23/h3-12H,1-2H3,(H,26,28)(H,24,25,27). The highest BCUT2D eigenvalue weighted by Gasteiger charge is 2.16. The number of rotatable bonds is 6. The quantitative estimate of drug-likeness (QED) is 0.494. The summed E-state index contributed by atoms with van der Waals surface area (Å²) in [4.78, 5) is 20.3. The minimum atomic E-state index is -3.88. The molecular weight excluding hydrogens is 459 g/mol. The summed E-state index contributed by atoms with van der Waals surface area (Å²) >= 11 is 12.1. The lowest BCUT2D eigenvalue weighted by molar-refractivity contribution is -0.111. The molecule has 0 unspecified atom stereocenters. The van der Waals surface area contributed by atoms with E-state index in [1.165, 1.54) is 36.4 Å². The van der Waals surface area contributed by atoms with E-state index < -0.39 is 15.9 Å². The normalized spacial score (nSPS) is 11.5. The number of benzene rings is 2. The zero-order valence-corrected chi connectivity index (χ0v) is 18.9. The van der Waals surface area contributed by atoms with E-state index in [0.29, 0.717) is 32.7 Å².